The van der Waals surface area contributed by atoms with Crippen molar-refractivity contribution in [2.45, 2.75) is 32.4 Å². The van der Waals surface area contributed by atoms with E-state index in [0.29, 0.717) is 32.2 Å². The second-order valence-electron chi connectivity index (χ2n) is 7.46. The maximum absolute atomic E-state index is 13.0. The number of carbonyl (C=O) groups excluding carboxylic acids is 1. The number of aromatic nitrogens is 1. The second-order valence-corrected chi connectivity index (χ2v) is 7.46. The molecule has 0 radical (unpaired) electrons. The molecule has 1 amide bonds. The molecule has 1 atom stereocenters. The van der Waals surface area contributed by atoms with Crippen molar-refractivity contribution in [3.8, 4) is 0 Å². The first-order valence-electron chi connectivity index (χ1n) is 9.66. The molecule has 0 spiro atoms. The van der Waals surface area contributed by atoms with Crippen molar-refractivity contribution in [1.82, 2.24) is 9.47 Å². The average Bonchev–Trinajstić information content (AvgIpc) is 3.08. The summed E-state index contributed by atoms with van der Waals surface area (Å²) in [6, 6.07) is 18.9. The van der Waals surface area contributed by atoms with Crippen LogP contribution in [0.25, 0.3) is 10.9 Å². The molecule has 1 aliphatic heterocycles. The number of ether oxygens (including phenoxy) is 1. The molecule has 2 heterocycles. The van der Waals surface area contributed by atoms with Gasteiger partial charge in [0, 0.05) is 29.7 Å². The van der Waals surface area contributed by atoms with Gasteiger partial charge in [0.25, 0.3) is 0 Å². The molecule has 1 aliphatic rings. The van der Waals surface area contributed by atoms with Gasteiger partial charge in [0.15, 0.2) is 0 Å². The maximum Gasteiger partial charge on any atom is 0.227 e. The van der Waals surface area contributed by atoms with Crippen LogP contribution in [-0.2, 0) is 16.0 Å². The Kier molecular flexibility index (Phi) is 4.99. The third kappa shape index (κ3) is 3.62. The van der Waals surface area contributed by atoms with E-state index < -0.39 is 0 Å². The lowest BCUT2D eigenvalue weighted by molar-refractivity contribution is -0.138. The quantitative estimate of drug-likeness (QED) is 0.691. The topological polar surface area (TPSA) is 34.5 Å². The Morgan fingerprint density at radius 3 is 2.63 bits per heavy atom. The summed E-state index contributed by atoms with van der Waals surface area (Å²) in [5.74, 6) is 0.172. The predicted molar refractivity (Wildman–Crippen MR) is 108 cm³/mol. The number of amides is 1. The van der Waals surface area contributed by atoms with Gasteiger partial charge < -0.3 is 14.2 Å². The highest BCUT2D eigenvalue weighted by molar-refractivity contribution is 5.89. The molecule has 27 heavy (non-hydrogen) atoms. The minimum Gasteiger partial charge on any atom is -0.370 e. The lowest BCUT2D eigenvalue weighted by Gasteiger charge is -2.33. The summed E-state index contributed by atoms with van der Waals surface area (Å²) < 4.78 is 8.16. The molecule has 3 aromatic rings. The first-order chi connectivity index (χ1) is 13.1. The van der Waals surface area contributed by atoms with Crippen LogP contribution in [-0.4, -0.2) is 35.1 Å². The molecule has 0 unspecified atom stereocenters. The number of morpholine rings is 1. The summed E-state index contributed by atoms with van der Waals surface area (Å²) >= 11 is 0. The normalized spacial score (nSPS) is 17.6. The van der Waals surface area contributed by atoms with E-state index in [-0.39, 0.29) is 12.0 Å². The van der Waals surface area contributed by atoms with E-state index in [1.54, 1.807) is 0 Å². The molecule has 0 aliphatic carbocycles. The second kappa shape index (κ2) is 7.57. The van der Waals surface area contributed by atoms with Gasteiger partial charge in [-0.2, -0.15) is 0 Å². The summed E-state index contributed by atoms with van der Waals surface area (Å²) in [5, 5.41) is 1.17. The van der Waals surface area contributed by atoms with Crippen molar-refractivity contribution in [3.05, 3.63) is 71.9 Å². The van der Waals surface area contributed by atoms with Crippen LogP contribution in [0.5, 0.6) is 0 Å². The third-order valence-corrected chi connectivity index (χ3v) is 5.31. The molecule has 1 aromatic heterocycles. The Balaban J connectivity index is 1.53. The Morgan fingerprint density at radius 2 is 1.85 bits per heavy atom. The first-order valence-corrected chi connectivity index (χ1v) is 9.66. The van der Waals surface area contributed by atoms with E-state index in [1.807, 2.05) is 29.2 Å². The number of fused-ring (bicyclic) bond motifs is 1. The number of carbonyl (C=O) groups is 1. The van der Waals surface area contributed by atoms with Crippen molar-refractivity contribution < 1.29 is 9.53 Å². The molecule has 4 heteroatoms. The summed E-state index contributed by atoms with van der Waals surface area (Å²) in [6.45, 7) is 6.20. The largest absolute Gasteiger partial charge is 0.370 e. The minimum absolute atomic E-state index is 0.0408. The number of para-hydroxylation sites is 1. The van der Waals surface area contributed by atoms with Crippen LogP contribution in [0.3, 0.4) is 0 Å². The number of rotatable bonds is 4. The van der Waals surface area contributed by atoms with Gasteiger partial charge in [0.1, 0.15) is 6.10 Å². The van der Waals surface area contributed by atoms with Gasteiger partial charge in [-0.15, -0.1) is 0 Å². The van der Waals surface area contributed by atoms with Gasteiger partial charge in [-0.05, 0) is 31.0 Å². The molecule has 0 bridgehead atoms. The van der Waals surface area contributed by atoms with Crippen molar-refractivity contribution in [3.63, 3.8) is 0 Å². The SMILES string of the molecule is CC(C)n1cc(CC(=O)N2CCO[C@@H](c3ccccc3)C2)c2ccccc21. The van der Waals surface area contributed by atoms with Gasteiger partial charge >= 0.3 is 0 Å². The van der Waals surface area contributed by atoms with Crippen LogP contribution in [0.4, 0.5) is 0 Å². The first kappa shape index (κ1) is 17.8. The van der Waals surface area contributed by atoms with Gasteiger partial charge in [-0.1, -0.05) is 48.5 Å². The fourth-order valence-electron chi connectivity index (χ4n) is 3.87. The third-order valence-electron chi connectivity index (χ3n) is 5.31. The fraction of sp³-hybridized carbons (Fsp3) is 0.348. The van der Waals surface area contributed by atoms with E-state index in [1.165, 1.54) is 10.9 Å². The standard InChI is InChI=1S/C23H26N2O2/c1-17(2)25-15-19(20-10-6-7-11-21(20)25)14-23(26)24-12-13-27-22(16-24)18-8-4-3-5-9-18/h3-11,15,17,22H,12-14,16H2,1-2H3/t22-/m1/s1. The van der Waals surface area contributed by atoms with Gasteiger partial charge in [-0.3, -0.25) is 4.79 Å². The highest BCUT2D eigenvalue weighted by atomic mass is 16.5. The van der Waals surface area contributed by atoms with Gasteiger partial charge in [-0.25, -0.2) is 0 Å². The zero-order valence-corrected chi connectivity index (χ0v) is 16.0. The number of benzene rings is 2. The minimum atomic E-state index is -0.0408. The number of nitrogens with zero attached hydrogens (tertiary/aromatic N) is 2. The highest BCUT2D eigenvalue weighted by Gasteiger charge is 2.26. The molecule has 4 rings (SSSR count). The summed E-state index contributed by atoms with van der Waals surface area (Å²) in [5.41, 5.74) is 3.43. The van der Waals surface area contributed by atoms with Crippen LogP contribution in [0.1, 0.15) is 37.1 Å². The van der Waals surface area contributed by atoms with E-state index in [2.05, 4.69) is 54.9 Å². The van der Waals surface area contributed by atoms with Gasteiger partial charge in [0.05, 0.1) is 19.6 Å². The molecule has 140 valence electrons. The van der Waals surface area contributed by atoms with Crippen LogP contribution in [0.15, 0.2) is 60.8 Å². The van der Waals surface area contributed by atoms with Crippen LogP contribution < -0.4 is 0 Å². The molecule has 2 aromatic carbocycles. The molecule has 1 saturated heterocycles. The smallest absolute Gasteiger partial charge is 0.227 e. The molecule has 0 saturated carbocycles. The average molecular weight is 362 g/mol. The molecule has 0 N–H and O–H groups in total. The zero-order chi connectivity index (χ0) is 18.8. The van der Waals surface area contributed by atoms with E-state index >= 15 is 0 Å². The molecular formula is C23H26N2O2. The Morgan fingerprint density at radius 1 is 1.11 bits per heavy atom. The number of hydrogen-bond donors (Lipinski definition) is 0. The predicted octanol–water partition coefficient (Wildman–Crippen LogP) is 4.36. The van der Waals surface area contributed by atoms with Crippen molar-refractivity contribution in [1.29, 1.82) is 0 Å². The molecule has 1 fully saturated rings. The van der Waals surface area contributed by atoms with Crippen LogP contribution >= 0.6 is 0 Å². The van der Waals surface area contributed by atoms with Crippen LogP contribution in [0.2, 0.25) is 0 Å². The summed E-state index contributed by atoms with van der Waals surface area (Å²) in [7, 11) is 0. The lowest BCUT2D eigenvalue weighted by atomic mass is 10.1. The molecular weight excluding hydrogens is 336 g/mol. The van der Waals surface area contributed by atoms with E-state index in [0.717, 1.165) is 11.1 Å². The lowest BCUT2D eigenvalue weighted by Crippen LogP contribution is -2.42. The maximum atomic E-state index is 13.0. The Hall–Kier alpha value is -2.59. The van der Waals surface area contributed by atoms with E-state index in [9.17, 15) is 4.79 Å². The van der Waals surface area contributed by atoms with Crippen LogP contribution in [0, 0.1) is 0 Å². The van der Waals surface area contributed by atoms with Gasteiger partial charge in [0.2, 0.25) is 5.91 Å². The fourth-order valence-corrected chi connectivity index (χ4v) is 3.87. The van der Waals surface area contributed by atoms with Crippen molar-refractivity contribution >= 4 is 16.8 Å². The Labute approximate surface area is 160 Å². The molecule has 4 nitrogen and oxygen atoms in total. The summed E-state index contributed by atoms with van der Waals surface area (Å²) in [4.78, 5) is 15.0. The zero-order valence-electron chi connectivity index (χ0n) is 16.0. The van der Waals surface area contributed by atoms with Crippen molar-refractivity contribution in [2.24, 2.45) is 0 Å². The highest BCUT2D eigenvalue weighted by Crippen LogP contribution is 2.27. The Bertz CT molecular complexity index is 930. The van der Waals surface area contributed by atoms with Crippen molar-refractivity contribution in [2.75, 3.05) is 19.7 Å². The summed E-state index contributed by atoms with van der Waals surface area (Å²) in [6.07, 6.45) is 2.53. The monoisotopic (exact) mass is 362 g/mol. The van der Waals surface area contributed by atoms with E-state index in [4.69, 9.17) is 4.74 Å². The number of hydrogen-bond acceptors (Lipinski definition) is 2.